The van der Waals surface area contributed by atoms with Crippen molar-refractivity contribution < 1.29 is 9.13 Å². The first kappa shape index (κ1) is 18.8. The first-order valence-corrected chi connectivity index (χ1v) is 24.5. The fourth-order valence-electron chi connectivity index (χ4n) is 5.12. The molecule has 138 valence electrons. The topological polar surface area (TPSA) is 9.23 Å². The maximum absolute atomic E-state index is 15.3. The van der Waals surface area contributed by atoms with Gasteiger partial charge < -0.3 is 0 Å². The fourth-order valence-corrected chi connectivity index (χ4v) is 14.1. The Bertz CT molecular complexity index is 850. The van der Waals surface area contributed by atoms with Crippen molar-refractivity contribution in [3.05, 3.63) is 65.0 Å². The van der Waals surface area contributed by atoms with Crippen LogP contribution in [0.25, 0.3) is 0 Å². The predicted molar refractivity (Wildman–Crippen MR) is 112 cm³/mol. The van der Waals surface area contributed by atoms with Crippen molar-refractivity contribution in [3.63, 3.8) is 0 Å². The van der Waals surface area contributed by atoms with Gasteiger partial charge in [-0.05, 0) is 0 Å². The minimum atomic E-state index is -2.21. The molecule has 0 spiro atoms. The van der Waals surface area contributed by atoms with E-state index < -0.39 is 26.5 Å². The fraction of sp³-hybridized carbons (Fsp3) is 0.455. The summed E-state index contributed by atoms with van der Waals surface area (Å²) in [4.78, 5) is 0. The number of halogens is 1. The molecular formula is C22H29FGe2O. The predicted octanol–water partition coefficient (Wildman–Crippen LogP) is 5.99. The number of benzene rings is 2. The Hall–Kier alpha value is -0.584. The van der Waals surface area contributed by atoms with E-state index in [4.69, 9.17) is 4.74 Å². The molecule has 2 heterocycles. The number of ether oxygens (including phenoxy) is 1. The molecule has 1 fully saturated rings. The summed E-state index contributed by atoms with van der Waals surface area (Å²) >= 11 is -4.34. The van der Waals surface area contributed by atoms with Crippen LogP contribution in [0.2, 0.25) is 39.3 Å². The van der Waals surface area contributed by atoms with Gasteiger partial charge in [0.2, 0.25) is 0 Å². The molecule has 0 aromatic heterocycles. The van der Waals surface area contributed by atoms with Gasteiger partial charge in [0.1, 0.15) is 0 Å². The summed E-state index contributed by atoms with van der Waals surface area (Å²) in [7, 11) is 0. The van der Waals surface area contributed by atoms with Gasteiger partial charge in [-0.15, -0.1) is 0 Å². The third kappa shape index (κ3) is 2.84. The van der Waals surface area contributed by atoms with Crippen molar-refractivity contribution in [2.45, 2.75) is 57.4 Å². The minimum absolute atomic E-state index is 0.0154. The van der Waals surface area contributed by atoms with E-state index >= 15 is 4.39 Å². The molecule has 0 amide bonds. The monoisotopic (exact) mass is 476 g/mol. The molecule has 0 saturated carbocycles. The molecule has 0 N–H and O–H groups in total. The number of rotatable bonds is 3. The first-order chi connectivity index (χ1) is 12.1. The Kier molecular flexibility index (Phi) is 4.48. The van der Waals surface area contributed by atoms with Gasteiger partial charge in [0.15, 0.2) is 0 Å². The van der Waals surface area contributed by atoms with Gasteiger partial charge in [-0.25, -0.2) is 0 Å². The first-order valence-electron chi connectivity index (χ1n) is 9.64. The van der Waals surface area contributed by atoms with Crippen LogP contribution < -0.4 is 4.40 Å². The molecule has 4 heteroatoms. The Labute approximate surface area is 162 Å². The van der Waals surface area contributed by atoms with Crippen LogP contribution in [0.5, 0.6) is 0 Å². The van der Waals surface area contributed by atoms with Gasteiger partial charge in [-0.3, -0.25) is 0 Å². The Morgan fingerprint density at radius 2 is 1.42 bits per heavy atom. The molecule has 1 nitrogen and oxygen atoms in total. The summed E-state index contributed by atoms with van der Waals surface area (Å²) in [6, 6.07) is 14.4. The molecule has 26 heavy (non-hydrogen) atoms. The zero-order valence-corrected chi connectivity index (χ0v) is 20.8. The van der Waals surface area contributed by atoms with Gasteiger partial charge in [0.05, 0.1) is 0 Å². The van der Waals surface area contributed by atoms with E-state index in [9.17, 15) is 0 Å². The van der Waals surface area contributed by atoms with E-state index in [-0.39, 0.29) is 23.9 Å². The molecule has 2 aromatic rings. The summed E-state index contributed by atoms with van der Waals surface area (Å²) in [5.41, 5.74) is 3.64. The van der Waals surface area contributed by atoms with Crippen LogP contribution in [0.3, 0.4) is 0 Å². The van der Waals surface area contributed by atoms with Gasteiger partial charge in [-0.2, -0.15) is 0 Å². The molecule has 2 bridgehead atoms. The molecule has 2 aliphatic heterocycles. The zero-order chi connectivity index (χ0) is 18.9. The van der Waals surface area contributed by atoms with Crippen molar-refractivity contribution in [1.82, 2.24) is 0 Å². The standard InChI is InChI=1S/C22H29FGe2O/c1-24(2,3)17-13-9-12-16(23)18(17)19-20(25(4,5)6)22-15-11-8-7-10-14(15)21(19)26-22/h7-13,19-22H,1-6H3. The molecule has 0 aliphatic carbocycles. The number of fused-ring (bicyclic) bond motifs is 5. The van der Waals surface area contributed by atoms with Crippen LogP contribution in [0.15, 0.2) is 42.5 Å². The summed E-state index contributed by atoms with van der Waals surface area (Å²) in [5, 5.41) is 0. The van der Waals surface area contributed by atoms with Crippen LogP contribution in [-0.2, 0) is 4.74 Å². The van der Waals surface area contributed by atoms with E-state index in [0.717, 1.165) is 5.56 Å². The van der Waals surface area contributed by atoms with Crippen LogP contribution in [-0.4, -0.2) is 26.5 Å². The summed E-state index contributed by atoms with van der Waals surface area (Å²) in [6.45, 7) is 0. The SMILES string of the molecule is [CH3][Ge]([CH3])([CH3])[c]1cccc(F)c1C1C2OC(c3ccccc32)[CH]1[Ge]([CH3])([CH3])[CH3]. The van der Waals surface area contributed by atoms with E-state index in [0.29, 0.717) is 4.75 Å². The normalized spacial score (nSPS) is 27.7. The molecule has 4 rings (SSSR count). The molecule has 2 aliphatic rings. The van der Waals surface area contributed by atoms with Crippen LogP contribution >= 0.6 is 0 Å². The van der Waals surface area contributed by atoms with Crippen LogP contribution in [0.4, 0.5) is 4.39 Å². The van der Waals surface area contributed by atoms with E-state index in [1.54, 1.807) is 6.07 Å². The van der Waals surface area contributed by atoms with E-state index in [2.05, 4.69) is 64.9 Å². The zero-order valence-electron chi connectivity index (χ0n) is 16.6. The second-order valence-electron chi connectivity index (χ2n) is 9.97. The second kappa shape index (κ2) is 6.21. The second-order valence-corrected chi connectivity index (χ2v) is 31.9. The average molecular weight is 474 g/mol. The molecule has 2 aromatic carbocycles. The molecule has 1 saturated heterocycles. The van der Waals surface area contributed by atoms with Gasteiger partial charge in [-0.1, -0.05) is 0 Å². The molecule has 4 unspecified atom stereocenters. The third-order valence-electron chi connectivity index (χ3n) is 6.14. The van der Waals surface area contributed by atoms with Gasteiger partial charge >= 0.3 is 162 Å². The maximum atomic E-state index is 15.3. The van der Waals surface area contributed by atoms with Crippen molar-refractivity contribution in [2.24, 2.45) is 0 Å². The van der Waals surface area contributed by atoms with Gasteiger partial charge in [0, 0.05) is 0 Å². The Morgan fingerprint density at radius 3 is 2.00 bits per heavy atom. The van der Waals surface area contributed by atoms with Crippen molar-refractivity contribution >= 4 is 30.9 Å². The summed E-state index contributed by atoms with van der Waals surface area (Å²) in [5.74, 6) is 14.7. The Morgan fingerprint density at radius 1 is 0.808 bits per heavy atom. The van der Waals surface area contributed by atoms with Crippen molar-refractivity contribution in [2.75, 3.05) is 0 Å². The third-order valence-corrected chi connectivity index (χ3v) is 16.0. The number of hydrogen-bond acceptors (Lipinski definition) is 1. The Balaban J connectivity index is 1.95. The van der Waals surface area contributed by atoms with Crippen LogP contribution in [0, 0.1) is 5.82 Å². The summed E-state index contributed by atoms with van der Waals surface area (Å²) < 4.78 is 23.6. The quantitative estimate of drug-likeness (QED) is 0.498. The van der Waals surface area contributed by atoms with E-state index in [1.165, 1.54) is 15.5 Å². The van der Waals surface area contributed by atoms with Gasteiger partial charge in [0.25, 0.3) is 0 Å². The molecule has 0 radical (unpaired) electrons. The molecular weight excluding hydrogens is 444 g/mol. The van der Waals surface area contributed by atoms with Crippen molar-refractivity contribution in [3.8, 4) is 0 Å². The average Bonchev–Trinajstić information content (AvgIpc) is 3.10. The molecule has 4 atom stereocenters. The number of hydrogen-bond donors (Lipinski definition) is 0. The summed E-state index contributed by atoms with van der Waals surface area (Å²) in [6.07, 6.45) is 0.174. The van der Waals surface area contributed by atoms with Crippen LogP contribution in [0.1, 0.15) is 34.8 Å². The van der Waals surface area contributed by atoms with E-state index in [1.807, 2.05) is 6.07 Å². The van der Waals surface area contributed by atoms with Crippen molar-refractivity contribution in [1.29, 1.82) is 0 Å².